The molecule has 0 radical (unpaired) electrons. The van der Waals surface area contributed by atoms with Crippen LogP contribution in [0, 0.1) is 0 Å². The molecule has 1 heterocycles. The zero-order chi connectivity index (χ0) is 15.1. The van der Waals surface area contributed by atoms with Crippen molar-refractivity contribution in [2.45, 2.75) is 13.2 Å². The lowest BCUT2D eigenvalue weighted by Gasteiger charge is -2.05. The molecule has 0 aliphatic heterocycles. The van der Waals surface area contributed by atoms with E-state index in [-0.39, 0.29) is 0 Å². The van der Waals surface area contributed by atoms with E-state index in [0.29, 0.717) is 13.2 Å². The van der Waals surface area contributed by atoms with E-state index in [1.165, 1.54) is 0 Å². The lowest BCUT2D eigenvalue weighted by atomic mass is 10.2. The average Bonchev–Trinajstić information content (AvgIpc) is 2.93. The highest BCUT2D eigenvalue weighted by atomic mass is 32.1. The van der Waals surface area contributed by atoms with Gasteiger partial charge in [0.05, 0.1) is 20.3 Å². The van der Waals surface area contributed by atoms with Crippen molar-refractivity contribution in [3.05, 3.63) is 57.8 Å². The first-order chi connectivity index (χ1) is 10.2. The molecule has 4 nitrogen and oxygen atoms in total. The fourth-order valence-corrected chi connectivity index (χ4v) is 2.56. The van der Waals surface area contributed by atoms with Gasteiger partial charge in [0.15, 0.2) is 0 Å². The lowest BCUT2D eigenvalue weighted by molar-refractivity contribution is -0.131. The largest absolute Gasteiger partial charge is 0.497 e. The number of thiophene rings is 1. The van der Waals surface area contributed by atoms with E-state index in [1.54, 1.807) is 24.5 Å². The van der Waals surface area contributed by atoms with Crippen molar-refractivity contribution in [1.29, 1.82) is 0 Å². The molecule has 0 spiro atoms. The van der Waals surface area contributed by atoms with E-state index in [4.69, 9.17) is 14.6 Å². The molecule has 0 aliphatic carbocycles. The third-order valence-corrected chi connectivity index (χ3v) is 3.76. The Bertz CT molecular complexity index is 613. The van der Waals surface area contributed by atoms with E-state index in [1.807, 2.05) is 35.7 Å². The standard InChI is InChI=1S/C16H16O4S/c1-19-14-5-2-12(3-6-14)10-20-11-15-13(8-9-21-15)4-7-16(17)18/h2-9H,10-11H2,1H3,(H,17,18). The molecule has 0 saturated heterocycles. The minimum absolute atomic E-state index is 0.461. The first-order valence-corrected chi connectivity index (χ1v) is 7.25. The van der Waals surface area contributed by atoms with Gasteiger partial charge in [-0.2, -0.15) is 0 Å². The molecule has 5 heteroatoms. The number of hydrogen-bond acceptors (Lipinski definition) is 4. The molecule has 0 atom stereocenters. The van der Waals surface area contributed by atoms with Crippen LogP contribution in [-0.4, -0.2) is 18.2 Å². The number of hydrogen-bond donors (Lipinski definition) is 1. The van der Waals surface area contributed by atoms with Gasteiger partial charge in [-0.15, -0.1) is 11.3 Å². The van der Waals surface area contributed by atoms with Gasteiger partial charge in [0.1, 0.15) is 5.75 Å². The molecule has 1 aromatic heterocycles. The van der Waals surface area contributed by atoms with Gasteiger partial charge in [-0.25, -0.2) is 4.79 Å². The topological polar surface area (TPSA) is 55.8 Å². The van der Waals surface area contributed by atoms with Crippen molar-refractivity contribution >= 4 is 23.4 Å². The van der Waals surface area contributed by atoms with Crippen LogP contribution in [0.1, 0.15) is 16.0 Å². The van der Waals surface area contributed by atoms with Gasteiger partial charge in [0, 0.05) is 11.0 Å². The Morgan fingerprint density at radius 1 is 1.24 bits per heavy atom. The molecule has 0 aliphatic rings. The van der Waals surface area contributed by atoms with Crippen LogP contribution >= 0.6 is 11.3 Å². The number of methoxy groups -OCH3 is 1. The average molecular weight is 304 g/mol. The molecule has 0 saturated carbocycles. The molecular formula is C16H16O4S. The quantitative estimate of drug-likeness (QED) is 0.795. The number of aliphatic carboxylic acids is 1. The Labute approximate surface area is 127 Å². The molecule has 21 heavy (non-hydrogen) atoms. The van der Waals surface area contributed by atoms with Crippen molar-refractivity contribution in [2.24, 2.45) is 0 Å². The summed E-state index contributed by atoms with van der Waals surface area (Å²) in [5.74, 6) is -0.135. The predicted molar refractivity (Wildman–Crippen MR) is 82.5 cm³/mol. The van der Waals surface area contributed by atoms with Crippen LogP contribution in [0.4, 0.5) is 0 Å². The van der Waals surface area contributed by atoms with Crippen molar-refractivity contribution in [1.82, 2.24) is 0 Å². The van der Waals surface area contributed by atoms with Gasteiger partial charge < -0.3 is 14.6 Å². The zero-order valence-corrected chi connectivity index (χ0v) is 12.4. The summed E-state index contributed by atoms with van der Waals surface area (Å²) >= 11 is 1.55. The summed E-state index contributed by atoms with van der Waals surface area (Å²) in [6.45, 7) is 0.965. The molecule has 0 bridgehead atoms. The molecule has 0 fully saturated rings. The van der Waals surface area contributed by atoms with E-state index < -0.39 is 5.97 Å². The first-order valence-electron chi connectivity index (χ1n) is 6.37. The van der Waals surface area contributed by atoms with Gasteiger partial charge in [-0.05, 0) is 40.8 Å². The molecule has 1 N–H and O–H groups in total. The molecule has 0 unspecified atom stereocenters. The number of rotatable bonds is 7. The van der Waals surface area contributed by atoms with Crippen molar-refractivity contribution in [3.63, 3.8) is 0 Å². The van der Waals surface area contributed by atoms with Crippen LogP contribution in [0.2, 0.25) is 0 Å². The van der Waals surface area contributed by atoms with Gasteiger partial charge in [0.2, 0.25) is 0 Å². The fraction of sp³-hybridized carbons (Fsp3) is 0.188. The van der Waals surface area contributed by atoms with Crippen LogP contribution in [0.5, 0.6) is 5.75 Å². The highest BCUT2D eigenvalue weighted by Crippen LogP contribution is 2.20. The molecule has 2 aromatic rings. The van der Waals surface area contributed by atoms with E-state index in [9.17, 15) is 4.79 Å². The minimum Gasteiger partial charge on any atom is -0.497 e. The van der Waals surface area contributed by atoms with Gasteiger partial charge in [-0.1, -0.05) is 12.1 Å². The Morgan fingerprint density at radius 2 is 2.00 bits per heavy atom. The molecule has 110 valence electrons. The summed E-state index contributed by atoms with van der Waals surface area (Å²) in [6.07, 6.45) is 2.72. The monoisotopic (exact) mass is 304 g/mol. The minimum atomic E-state index is -0.952. The van der Waals surface area contributed by atoms with Crippen LogP contribution in [-0.2, 0) is 22.7 Å². The van der Waals surface area contributed by atoms with Crippen molar-refractivity contribution < 1.29 is 19.4 Å². The number of carbonyl (C=O) groups is 1. The van der Waals surface area contributed by atoms with Crippen LogP contribution in [0.3, 0.4) is 0 Å². The highest BCUT2D eigenvalue weighted by molar-refractivity contribution is 7.10. The Kier molecular flexibility index (Phi) is 5.54. The van der Waals surface area contributed by atoms with E-state index in [2.05, 4.69) is 0 Å². The van der Waals surface area contributed by atoms with Crippen LogP contribution < -0.4 is 4.74 Å². The van der Waals surface area contributed by atoms with E-state index >= 15 is 0 Å². The number of carboxylic acid groups (broad SMARTS) is 1. The van der Waals surface area contributed by atoms with Crippen LogP contribution in [0.15, 0.2) is 41.8 Å². The highest BCUT2D eigenvalue weighted by Gasteiger charge is 2.03. The second-order valence-electron chi connectivity index (χ2n) is 4.31. The third kappa shape index (κ3) is 4.73. The van der Waals surface area contributed by atoms with Crippen molar-refractivity contribution in [2.75, 3.05) is 7.11 Å². The fourth-order valence-electron chi connectivity index (χ4n) is 1.76. The summed E-state index contributed by atoms with van der Waals surface area (Å²) in [5, 5.41) is 10.6. The maximum atomic E-state index is 10.5. The van der Waals surface area contributed by atoms with Gasteiger partial charge in [0.25, 0.3) is 0 Å². The predicted octanol–water partition coefficient (Wildman–Crippen LogP) is 3.57. The smallest absolute Gasteiger partial charge is 0.328 e. The number of benzene rings is 1. The molecule has 0 amide bonds. The Balaban J connectivity index is 1.88. The second kappa shape index (κ2) is 7.61. The summed E-state index contributed by atoms with van der Waals surface area (Å²) in [4.78, 5) is 11.5. The molecule has 1 aromatic carbocycles. The summed E-state index contributed by atoms with van der Waals surface area (Å²) < 4.78 is 10.8. The van der Waals surface area contributed by atoms with Gasteiger partial charge in [-0.3, -0.25) is 0 Å². The maximum Gasteiger partial charge on any atom is 0.328 e. The van der Waals surface area contributed by atoms with Crippen LogP contribution in [0.25, 0.3) is 6.08 Å². The van der Waals surface area contributed by atoms with Crippen molar-refractivity contribution in [3.8, 4) is 5.75 Å². The maximum absolute atomic E-state index is 10.5. The zero-order valence-electron chi connectivity index (χ0n) is 11.6. The second-order valence-corrected chi connectivity index (χ2v) is 5.31. The first kappa shape index (κ1) is 15.3. The summed E-state index contributed by atoms with van der Waals surface area (Å²) in [7, 11) is 1.63. The van der Waals surface area contributed by atoms with Gasteiger partial charge >= 0.3 is 5.97 Å². The number of carboxylic acids is 1. The molecular weight excluding hydrogens is 288 g/mol. The third-order valence-electron chi connectivity index (χ3n) is 2.85. The number of ether oxygens (including phenoxy) is 2. The lowest BCUT2D eigenvalue weighted by Crippen LogP contribution is -1.94. The van der Waals surface area contributed by atoms with E-state index in [0.717, 1.165) is 27.8 Å². The SMILES string of the molecule is COc1ccc(COCc2sccc2C=CC(=O)O)cc1. The summed E-state index contributed by atoms with van der Waals surface area (Å²) in [6, 6.07) is 9.59. The Morgan fingerprint density at radius 3 is 2.67 bits per heavy atom. The Hall–Kier alpha value is -2.11. The molecule has 2 rings (SSSR count). The normalized spacial score (nSPS) is 10.9. The summed E-state index contributed by atoms with van der Waals surface area (Å²) in [5.41, 5.74) is 1.95.